The fourth-order valence-corrected chi connectivity index (χ4v) is 1.98. The van der Waals surface area contributed by atoms with Gasteiger partial charge in [0.2, 0.25) is 0 Å². The molecule has 0 radical (unpaired) electrons. The number of hydrogen-bond acceptors (Lipinski definition) is 4. The maximum atomic E-state index is 11.3. The fourth-order valence-electron chi connectivity index (χ4n) is 0.843. The normalized spacial score (nSPS) is 9.86. The zero-order valence-electron chi connectivity index (χ0n) is 7.24. The molecule has 0 aliphatic heterocycles. The molecule has 14 heavy (non-hydrogen) atoms. The quantitative estimate of drug-likeness (QED) is 0.643. The Labute approximate surface area is 88.8 Å². The minimum Gasteiger partial charge on any atom is -0.352 e. The van der Waals surface area contributed by atoms with Gasteiger partial charge in [-0.05, 0) is 6.92 Å². The van der Waals surface area contributed by atoms with Crippen LogP contribution in [0.25, 0.3) is 0 Å². The maximum Gasteiger partial charge on any atom is 0.299 e. The van der Waals surface area contributed by atoms with Crippen LogP contribution < -0.4 is 5.32 Å². The average Bonchev–Trinajstić information content (AvgIpc) is 2.48. The summed E-state index contributed by atoms with van der Waals surface area (Å²) in [4.78, 5) is 21.3. The number of halogens is 1. The van der Waals surface area contributed by atoms with Crippen molar-refractivity contribution in [3.8, 4) is 0 Å². The molecule has 0 aromatic carbocycles. The van der Waals surface area contributed by atoms with E-state index in [1.54, 1.807) is 6.92 Å². The molecule has 0 atom stereocenters. The molecule has 1 aromatic rings. The summed E-state index contributed by atoms with van der Waals surface area (Å²) in [5, 5.41) is 12.9. The summed E-state index contributed by atoms with van der Waals surface area (Å²) in [6.45, 7) is 2.24. The highest BCUT2D eigenvalue weighted by molar-refractivity contribution is 7.18. The summed E-state index contributed by atoms with van der Waals surface area (Å²) in [7, 11) is 0. The largest absolute Gasteiger partial charge is 0.352 e. The Balaban J connectivity index is 2.96. The van der Waals surface area contributed by atoms with Crippen LogP contribution in [0.3, 0.4) is 0 Å². The molecule has 0 aliphatic rings. The van der Waals surface area contributed by atoms with E-state index in [4.69, 9.17) is 11.6 Å². The molecule has 0 saturated heterocycles. The average molecular weight is 235 g/mol. The summed E-state index contributed by atoms with van der Waals surface area (Å²) in [5.74, 6) is -0.340. The van der Waals surface area contributed by atoms with Crippen molar-refractivity contribution in [1.29, 1.82) is 0 Å². The van der Waals surface area contributed by atoms with Crippen LogP contribution in [0.4, 0.5) is 5.69 Å². The molecule has 0 bridgehead atoms. The van der Waals surface area contributed by atoms with Gasteiger partial charge in [0.1, 0.15) is 4.88 Å². The van der Waals surface area contributed by atoms with Gasteiger partial charge in [-0.15, -0.1) is 11.3 Å². The van der Waals surface area contributed by atoms with Crippen molar-refractivity contribution in [2.45, 2.75) is 6.92 Å². The number of hydrogen-bond donors (Lipinski definition) is 1. The first-order valence-electron chi connectivity index (χ1n) is 3.78. The molecule has 7 heteroatoms. The van der Waals surface area contributed by atoms with Gasteiger partial charge >= 0.3 is 0 Å². The van der Waals surface area contributed by atoms with Gasteiger partial charge in [0.05, 0.1) is 4.92 Å². The van der Waals surface area contributed by atoms with Crippen LogP contribution >= 0.6 is 22.9 Å². The molecule has 1 aromatic heterocycles. The maximum absolute atomic E-state index is 11.3. The molecule has 0 unspecified atom stereocenters. The molecule has 0 spiro atoms. The standard InChI is InChI=1S/C7H7ClN2O3S/c1-2-9-7(11)5-3-4(10(12)13)6(8)14-5/h3H,2H2,1H3,(H,9,11). The van der Waals surface area contributed by atoms with Gasteiger partial charge in [-0.2, -0.15) is 0 Å². The first-order valence-corrected chi connectivity index (χ1v) is 4.97. The van der Waals surface area contributed by atoms with Crippen molar-refractivity contribution in [2.75, 3.05) is 6.54 Å². The molecular weight excluding hydrogens is 228 g/mol. The van der Waals surface area contributed by atoms with Gasteiger partial charge in [-0.25, -0.2) is 0 Å². The lowest BCUT2D eigenvalue weighted by Gasteiger charge is -1.95. The fraction of sp³-hybridized carbons (Fsp3) is 0.286. The third-order valence-corrected chi connectivity index (χ3v) is 2.76. The van der Waals surface area contributed by atoms with Gasteiger partial charge in [0.25, 0.3) is 11.6 Å². The summed E-state index contributed by atoms with van der Waals surface area (Å²) < 4.78 is 0.0243. The predicted octanol–water partition coefficient (Wildman–Crippen LogP) is 2.06. The number of carbonyl (C=O) groups excluding carboxylic acids is 1. The van der Waals surface area contributed by atoms with E-state index in [9.17, 15) is 14.9 Å². The van der Waals surface area contributed by atoms with E-state index in [2.05, 4.69) is 5.32 Å². The summed E-state index contributed by atoms with van der Waals surface area (Å²) in [6, 6.07) is 1.18. The van der Waals surface area contributed by atoms with Crippen LogP contribution in [0.1, 0.15) is 16.6 Å². The molecule has 76 valence electrons. The Morgan fingerprint density at radius 1 is 1.79 bits per heavy atom. The first kappa shape index (κ1) is 10.9. The van der Waals surface area contributed by atoms with E-state index in [1.165, 1.54) is 6.07 Å². The summed E-state index contributed by atoms with van der Waals surface area (Å²) in [6.07, 6.45) is 0. The minimum atomic E-state index is -0.610. The number of nitro groups is 1. The summed E-state index contributed by atoms with van der Waals surface area (Å²) >= 11 is 6.48. The van der Waals surface area contributed by atoms with Crippen molar-refractivity contribution in [2.24, 2.45) is 0 Å². The smallest absolute Gasteiger partial charge is 0.299 e. The van der Waals surface area contributed by atoms with Crippen LogP contribution in [0.15, 0.2) is 6.07 Å². The molecule has 0 fully saturated rings. The van der Waals surface area contributed by atoms with E-state index < -0.39 is 4.92 Å². The van der Waals surface area contributed by atoms with Crippen LogP contribution in [0.2, 0.25) is 4.34 Å². The lowest BCUT2D eigenvalue weighted by molar-refractivity contribution is -0.384. The van der Waals surface area contributed by atoms with E-state index >= 15 is 0 Å². The van der Waals surface area contributed by atoms with Gasteiger partial charge in [-0.1, -0.05) is 11.6 Å². The predicted molar refractivity (Wildman–Crippen MR) is 54.0 cm³/mol. The Kier molecular flexibility index (Phi) is 3.43. The van der Waals surface area contributed by atoms with Crippen molar-refractivity contribution in [1.82, 2.24) is 5.32 Å². The number of nitrogens with one attached hydrogen (secondary N) is 1. The first-order chi connectivity index (χ1) is 6.56. The van der Waals surface area contributed by atoms with Crippen LogP contribution in [0.5, 0.6) is 0 Å². The molecule has 1 amide bonds. The van der Waals surface area contributed by atoms with Crippen molar-refractivity contribution in [3.05, 3.63) is 25.4 Å². The Hall–Kier alpha value is -1.14. The minimum absolute atomic E-state index is 0.0243. The highest BCUT2D eigenvalue weighted by atomic mass is 35.5. The Bertz CT molecular complexity index is 377. The monoisotopic (exact) mass is 234 g/mol. The lowest BCUT2D eigenvalue weighted by atomic mass is 10.4. The molecule has 0 aliphatic carbocycles. The van der Waals surface area contributed by atoms with E-state index in [0.29, 0.717) is 6.54 Å². The lowest BCUT2D eigenvalue weighted by Crippen LogP contribution is -2.21. The van der Waals surface area contributed by atoms with E-state index in [1.807, 2.05) is 0 Å². The Morgan fingerprint density at radius 3 is 2.86 bits per heavy atom. The number of carbonyl (C=O) groups is 1. The van der Waals surface area contributed by atoms with Crippen molar-refractivity contribution >= 4 is 34.5 Å². The molecule has 5 nitrogen and oxygen atoms in total. The number of amides is 1. The van der Waals surface area contributed by atoms with E-state index in [0.717, 1.165) is 11.3 Å². The van der Waals surface area contributed by atoms with Crippen LogP contribution in [0, 0.1) is 10.1 Å². The van der Waals surface area contributed by atoms with Gasteiger partial charge in [-0.3, -0.25) is 14.9 Å². The van der Waals surface area contributed by atoms with Crippen molar-refractivity contribution < 1.29 is 9.72 Å². The zero-order chi connectivity index (χ0) is 10.7. The second-order valence-corrected chi connectivity index (χ2v) is 4.04. The zero-order valence-corrected chi connectivity index (χ0v) is 8.82. The number of thiophene rings is 1. The second-order valence-electron chi connectivity index (χ2n) is 2.39. The number of rotatable bonds is 3. The molecule has 1 heterocycles. The SMILES string of the molecule is CCNC(=O)c1cc([N+](=O)[O-])c(Cl)s1. The van der Waals surface area contributed by atoms with Crippen molar-refractivity contribution in [3.63, 3.8) is 0 Å². The Morgan fingerprint density at radius 2 is 2.43 bits per heavy atom. The van der Waals surface area contributed by atoms with E-state index in [-0.39, 0.29) is 20.8 Å². The molecule has 1 N–H and O–H groups in total. The molecular formula is C7H7ClN2O3S. The third kappa shape index (κ3) is 2.21. The van der Waals surface area contributed by atoms with Gasteiger partial charge in [0.15, 0.2) is 4.34 Å². The topological polar surface area (TPSA) is 72.2 Å². The van der Waals surface area contributed by atoms with Crippen LogP contribution in [-0.4, -0.2) is 17.4 Å². The second kappa shape index (κ2) is 4.39. The van der Waals surface area contributed by atoms with Gasteiger partial charge in [0, 0.05) is 12.6 Å². The number of nitrogens with zero attached hydrogens (tertiary/aromatic N) is 1. The van der Waals surface area contributed by atoms with Crippen LogP contribution in [-0.2, 0) is 0 Å². The van der Waals surface area contributed by atoms with Gasteiger partial charge < -0.3 is 5.32 Å². The molecule has 0 saturated carbocycles. The summed E-state index contributed by atoms with van der Waals surface area (Å²) in [5.41, 5.74) is -0.224. The highest BCUT2D eigenvalue weighted by Crippen LogP contribution is 2.33. The highest BCUT2D eigenvalue weighted by Gasteiger charge is 2.20. The third-order valence-electron chi connectivity index (χ3n) is 1.43. The molecule has 1 rings (SSSR count).